The summed E-state index contributed by atoms with van der Waals surface area (Å²) in [6.45, 7) is 27.3. The van der Waals surface area contributed by atoms with Gasteiger partial charge in [0.05, 0.1) is 22.1 Å². The molecule has 2 nitrogen and oxygen atoms in total. The van der Waals surface area contributed by atoms with Crippen LogP contribution in [0, 0.1) is 6.92 Å². The summed E-state index contributed by atoms with van der Waals surface area (Å²) < 4.78 is 4.85. The molecule has 2 heterocycles. The lowest BCUT2D eigenvalue weighted by atomic mass is 9.59. The first-order valence-electron chi connectivity index (χ1n) is 20.8. The van der Waals surface area contributed by atoms with Gasteiger partial charge in [-0.2, -0.15) is 0 Å². The predicted octanol–water partition coefficient (Wildman–Crippen LogP) is 8.84. The third kappa shape index (κ3) is 6.54. The number of fused-ring (bicyclic) bond motifs is 6. The smallest absolute Gasteiger partial charge is 0.113 e. The molecular weight excluding hydrogens is 707 g/mol. The Kier molecular flexibility index (Phi) is 9.66. The quantitative estimate of drug-likeness (QED) is 0.159. The molecule has 0 bridgehead atoms. The van der Waals surface area contributed by atoms with Crippen molar-refractivity contribution in [1.29, 1.82) is 0 Å². The minimum Gasteiger partial charge on any atom is -0.309 e. The highest BCUT2D eigenvalue weighted by Crippen LogP contribution is 2.44. The Morgan fingerprint density at radius 3 is 1.54 bits per heavy atom. The van der Waals surface area contributed by atoms with Crippen molar-refractivity contribution < 1.29 is 0 Å². The van der Waals surface area contributed by atoms with Crippen LogP contribution in [0.2, 0.25) is 0 Å². The van der Waals surface area contributed by atoms with Gasteiger partial charge in [-0.1, -0.05) is 117 Å². The maximum atomic E-state index is 6.87. The van der Waals surface area contributed by atoms with Crippen LogP contribution in [0.15, 0.2) is 84.9 Å². The molecule has 2 aromatic heterocycles. The largest absolute Gasteiger partial charge is 0.309 e. The van der Waals surface area contributed by atoms with Crippen molar-refractivity contribution in [1.82, 2.24) is 9.13 Å². The molecule has 0 fully saturated rings. The Labute approximate surface area is 358 Å². The van der Waals surface area contributed by atoms with Gasteiger partial charge in [0.15, 0.2) is 0 Å². The number of aromatic nitrogens is 2. The summed E-state index contributed by atoms with van der Waals surface area (Å²) in [5.41, 5.74) is 15.5. The van der Waals surface area contributed by atoms with E-state index < -0.39 is 0 Å². The predicted molar refractivity (Wildman–Crippen MR) is 262 cm³/mol. The van der Waals surface area contributed by atoms with Gasteiger partial charge in [-0.3, -0.25) is 0 Å². The second-order valence-corrected chi connectivity index (χ2v) is 20.1. The lowest BCUT2D eigenvalue weighted by molar-refractivity contribution is 0.568. The van der Waals surface area contributed by atoms with Crippen LogP contribution in [0.4, 0.5) is 0 Å². The number of nitrogens with zero attached hydrogens (tertiary/aromatic N) is 2. The Hall–Kier alpha value is -4.76. The van der Waals surface area contributed by atoms with Gasteiger partial charge in [0.2, 0.25) is 0 Å². The average Bonchev–Trinajstić information content (AvgIpc) is 3.68. The fourth-order valence-electron chi connectivity index (χ4n) is 8.91. The molecule has 6 aromatic carbocycles. The van der Waals surface area contributed by atoms with Crippen LogP contribution < -0.4 is 27.3 Å². The summed E-state index contributed by atoms with van der Waals surface area (Å²) in [7, 11) is 33.2. The minimum absolute atomic E-state index is 0.00105. The molecule has 0 amide bonds. The van der Waals surface area contributed by atoms with Gasteiger partial charge in [-0.15, -0.1) is 16.4 Å². The standard InChI is InChI=1S/C52H51B5N2/c1-27(2)29-16-18-38-35(22-29)36-26-30(50(4,5)6)17-19-39(36)59(38)37-20-21-41-42(28(37)3)43-34(44-45(53)47(55)49(57)48(56)46(44)54)14-13-15-40(43)58(41)33-24-31(51(7,8)9)23-32(25-33)52(10,11)12/h13-27H,1-12H3. The Balaban J connectivity index is 1.56. The summed E-state index contributed by atoms with van der Waals surface area (Å²) >= 11 is 0. The topological polar surface area (TPSA) is 9.86 Å². The molecule has 0 N–H and O–H groups in total. The molecule has 0 spiro atoms. The maximum absolute atomic E-state index is 6.87. The molecule has 0 aliphatic heterocycles. The SMILES string of the molecule is [B]c1c([B])c([B])c(-c2cccc3c2c2c(C)c(-n4c5ccc(C(C)C)cc5c5cc(C(C)(C)C)ccc54)ccc2n3-c2cc(C(C)(C)C)cc(C(C)(C)C)c2)c([B])c1[B]. The van der Waals surface area contributed by atoms with Crippen LogP contribution in [0.25, 0.3) is 66.1 Å². The van der Waals surface area contributed by atoms with Crippen molar-refractivity contribution in [3.8, 4) is 22.5 Å². The van der Waals surface area contributed by atoms with Gasteiger partial charge in [0, 0.05) is 32.9 Å². The average molecular weight is 758 g/mol. The van der Waals surface area contributed by atoms with Gasteiger partial charge in [-0.25, -0.2) is 0 Å². The number of rotatable bonds is 4. The molecule has 8 aromatic rings. The molecule has 59 heavy (non-hydrogen) atoms. The van der Waals surface area contributed by atoms with Crippen molar-refractivity contribution in [3.63, 3.8) is 0 Å². The van der Waals surface area contributed by atoms with E-state index in [0.29, 0.717) is 22.4 Å². The Morgan fingerprint density at radius 1 is 0.475 bits per heavy atom. The second-order valence-electron chi connectivity index (χ2n) is 20.1. The summed E-state index contributed by atoms with van der Waals surface area (Å²) in [5, 5.41) is 4.61. The monoisotopic (exact) mass is 758 g/mol. The third-order valence-electron chi connectivity index (χ3n) is 12.6. The van der Waals surface area contributed by atoms with Crippen LogP contribution in [0.3, 0.4) is 0 Å². The highest BCUT2D eigenvalue weighted by atomic mass is 15.0. The molecular formula is C52H51B5N2. The van der Waals surface area contributed by atoms with Crippen LogP contribution in [0.5, 0.6) is 0 Å². The molecule has 0 unspecified atom stereocenters. The highest BCUT2D eigenvalue weighted by Gasteiger charge is 2.27. The van der Waals surface area contributed by atoms with Gasteiger partial charge in [0.25, 0.3) is 0 Å². The van der Waals surface area contributed by atoms with E-state index >= 15 is 0 Å². The Morgan fingerprint density at radius 2 is 0.983 bits per heavy atom. The molecule has 8 rings (SSSR count). The van der Waals surface area contributed by atoms with Crippen molar-refractivity contribution >= 4 is 110 Å². The molecule has 0 atom stereocenters. The van der Waals surface area contributed by atoms with Crippen LogP contribution >= 0.6 is 0 Å². The fraction of sp³-hybridized carbons (Fsp3) is 0.308. The zero-order valence-corrected chi connectivity index (χ0v) is 36.9. The van der Waals surface area contributed by atoms with Crippen LogP contribution in [0.1, 0.15) is 110 Å². The number of hydrogen-bond donors (Lipinski definition) is 0. The molecule has 0 saturated carbocycles. The first-order chi connectivity index (χ1) is 27.5. The zero-order chi connectivity index (χ0) is 42.8. The first kappa shape index (κ1) is 41.0. The molecule has 7 heteroatoms. The molecule has 0 aliphatic carbocycles. The third-order valence-corrected chi connectivity index (χ3v) is 12.6. The van der Waals surface area contributed by atoms with E-state index in [2.05, 4.69) is 177 Å². The van der Waals surface area contributed by atoms with Gasteiger partial charge >= 0.3 is 0 Å². The Bertz CT molecular complexity index is 2970. The first-order valence-corrected chi connectivity index (χ1v) is 20.8. The van der Waals surface area contributed by atoms with Gasteiger partial charge < -0.3 is 9.13 Å². The molecule has 284 valence electrons. The summed E-state index contributed by atoms with van der Waals surface area (Å²) in [6.07, 6.45) is 0. The van der Waals surface area contributed by atoms with E-state index in [1.54, 1.807) is 0 Å². The van der Waals surface area contributed by atoms with E-state index in [1.807, 2.05) is 0 Å². The fourth-order valence-corrected chi connectivity index (χ4v) is 8.91. The second kappa shape index (κ2) is 13.9. The van der Waals surface area contributed by atoms with Crippen LogP contribution in [-0.4, -0.2) is 48.4 Å². The lowest BCUT2D eigenvalue weighted by Crippen LogP contribution is -2.55. The highest BCUT2D eigenvalue weighted by molar-refractivity contribution is 6.69. The normalized spacial score (nSPS) is 12.9. The summed E-state index contributed by atoms with van der Waals surface area (Å²) in [6, 6.07) is 31.9. The van der Waals surface area contributed by atoms with Gasteiger partial charge in [0.1, 0.15) is 39.2 Å². The van der Waals surface area contributed by atoms with Crippen molar-refractivity contribution in [3.05, 3.63) is 113 Å². The summed E-state index contributed by atoms with van der Waals surface area (Å²) in [5.74, 6) is 0.401. The van der Waals surface area contributed by atoms with E-state index in [1.165, 1.54) is 44.1 Å². The van der Waals surface area contributed by atoms with E-state index in [0.717, 1.165) is 44.3 Å². The lowest BCUT2D eigenvalue weighted by Gasteiger charge is -2.27. The molecule has 10 radical (unpaired) electrons. The van der Waals surface area contributed by atoms with E-state index in [-0.39, 0.29) is 32.6 Å². The van der Waals surface area contributed by atoms with Crippen molar-refractivity contribution in [2.45, 2.75) is 105 Å². The minimum atomic E-state index is -0.0796. The zero-order valence-electron chi connectivity index (χ0n) is 36.9. The van der Waals surface area contributed by atoms with Gasteiger partial charge in [-0.05, 0) is 123 Å². The number of hydrogen-bond acceptors (Lipinski definition) is 0. The summed E-state index contributed by atoms with van der Waals surface area (Å²) in [4.78, 5) is 0. The maximum Gasteiger partial charge on any atom is 0.113 e. The molecule has 0 saturated heterocycles. The van der Waals surface area contributed by atoms with E-state index in [4.69, 9.17) is 39.2 Å². The number of benzene rings is 6. The van der Waals surface area contributed by atoms with E-state index in [9.17, 15) is 0 Å². The number of aryl methyl sites for hydroxylation is 1. The van der Waals surface area contributed by atoms with Crippen molar-refractivity contribution in [2.24, 2.45) is 0 Å². The van der Waals surface area contributed by atoms with Crippen molar-refractivity contribution in [2.75, 3.05) is 0 Å². The molecule has 0 aliphatic rings. The van der Waals surface area contributed by atoms with Crippen LogP contribution in [-0.2, 0) is 16.2 Å².